The van der Waals surface area contributed by atoms with Crippen LogP contribution in [0.4, 0.5) is 44.1 Å². The SMILES string of the molecule is C=CC(=O)N[C@H]1COC[C@H]1Nc1ncc2cc(-c3c(Cl)c(OC)cc(OC)c3Cl)nc(N3CCC4(CCOC4)C3)c2n1.C=CC(=O)N[C@H]1COC[C@H]1Nc1ncc2cc(-c3c(Cl)c(OC)cc(OC)c3Cl)nc(N3CCOCC3)c2n1.C=CC(=O)N[C@H]1COC[C@H]1Nc1ncc2cc(-c3c(F)c(OC)cc(OC)c3F)nc(N3CCOCC3)c2n1. The summed E-state index contributed by atoms with van der Waals surface area (Å²) in [7, 11) is 8.70. The number of aromatic nitrogens is 9. The molecule has 16 rings (SSSR count). The number of amides is 3. The molecule has 39 heteroatoms. The number of carbonyl (C=O) groups excluding carboxylic acids is 3. The van der Waals surface area contributed by atoms with E-state index in [1.54, 1.807) is 30.7 Å². The van der Waals surface area contributed by atoms with Crippen LogP contribution in [0.2, 0.25) is 20.1 Å². The fourth-order valence-corrected chi connectivity index (χ4v) is 16.4. The van der Waals surface area contributed by atoms with Crippen molar-refractivity contribution in [3.63, 3.8) is 0 Å². The number of anilines is 6. The van der Waals surface area contributed by atoms with Crippen molar-refractivity contribution >= 4 is 132 Å². The summed E-state index contributed by atoms with van der Waals surface area (Å²) in [5.74, 6) is 1.54. The molecule has 7 aliphatic heterocycles. The molecule has 7 saturated heterocycles. The standard InChI is InChI=1S/C29H32Cl2N6O5.C26H28Cl2N6O5.C26H28F2N6O5/c1-4-22(38)33-18-12-42-13-19(18)35-28-32-11-16-9-17(23-24(30)20(39-2)10-21(40-3)25(23)31)34-27(26(16)36-28)37-7-5-29(14-37)6-8-41-15-29;2*1-4-20(35)30-16-12-39-13-17(16)32-26-29-11-14-9-15(21-22(27)18(36-2)10-19(37-3)23(21)28)31-25(24(14)33-26)34-5-7-38-8-6-34/h4,9-11,18-19H,1,5-8,12-15H2,2-3H3,(H,33,38)(H,32,35,36);2*4,9-11,16-17H,1,5-8,12-13H2,2-3H3,(H,30,35)(H,29,32,33)/t18-,19+,29?;2*16-,17+/m000/s1. The number of hydrogen-bond acceptors (Lipinski definition) is 30. The number of nitrogens with one attached hydrogen (secondary N) is 6. The fourth-order valence-electron chi connectivity index (χ4n) is 15.0. The van der Waals surface area contributed by atoms with Gasteiger partial charge in [0.05, 0.1) is 194 Å². The van der Waals surface area contributed by atoms with Gasteiger partial charge in [0.25, 0.3) is 0 Å². The molecule has 0 aliphatic carbocycles. The van der Waals surface area contributed by atoms with Gasteiger partial charge in [0, 0.05) is 115 Å². The highest BCUT2D eigenvalue weighted by Crippen LogP contribution is 2.50. The van der Waals surface area contributed by atoms with Gasteiger partial charge < -0.3 is 103 Å². The van der Waals surface area contributed by atoms with Crippen LogP contribution in [-0.4, -0.2) is 260 Å². The van der Waals surface area contributed by atoms with Crippen LogP contribution in [0.15, 0.2) is 93.0 Å². The van der Waals surface area contributed by atoms with Crippen molar-refractivity contribution < 1.29 is 80.0 Å². The molecule has 7 atom stereocenters. The molecule has 7 fully saturated rings. The summed E-state index contributed by atoms with van der Waals surface area (Å²) in [4.78, 5) is 84.6. The number of pyridine rings is 3. The van der Waals surface area contributed by atoms with Gasteiger partial charge in [-0.25, -0.2) is 53.6 Å². The third-order valence-electron chi connectivity index (χ3n) is 21.4. The van der Waals surface area contributed by atoms with E-state index in [-0.39, 0.29) is 82.1 Å². The van der Waals surface area contributed by atoms with Gasteiger partial charge in [-0.05, 0) is 49.3 Å². The van der Waals surface area contributed by atoms with Crippen molar-refractivity contribution in [2.45, 2.75) is 49.1 Å². The number of carbonyl (C=O) groups is 3. The van der Waals surface area contributed by atoms with Gasteiger partial charge in [-0.2, -0.15) is 0 Å². The first-order valence-corrected chi connectivity index (χ1v) is 39.9. The maximum absolute atomic E-state index is 15.4. The minimum absolute atomic E-state index is 0.0388. The lowest BCUT2D eigenvalue weighted by Gasteiger charge is -2.29. The monoisotopic (exact) mass is 1730 g/mol. The maximum Gasteiger partial charge on any atom is 0.243 e. The second-order valence-corrected chi connectivity index (χ2v) is 30.2. The van der Waals surface area contributed by atoms with Crippen LogP contribution in [0.1, 0.15) is 12.8 Å². The molecule has 1 unspecified atom stereocenters. The molecule has 120 heavy (non-hydrogen) atoms. The molecule has 7 aliphatic rings. The largest absolute Gasteiger partial charge is 0.495 e. The smallest absolute Gasteiger partial charge is 0.243 e. The Kier molecular flexibility index (Phi) is 27.3. The molecular weight excluding hydrogens is 1640 g/mol. The second kappa shape index (κ2) is 38.3. The lowest BCUT2D eigenvalue weighted by atomic mass is 9.87. The van der Waals surface area contributed by atoms with E-state index in [1.807, 2.05) is 17.0 Å². The minimum atomic E-state index is -0.899. The van der Waals surface area contributed by atoms with Crippen LogP contribution in [0, 0.1) is 17.0 Å². The van der Waals surface area contributed by atoms with E-state index in [0.29, 0.717) is 215 Å². The number of ether oxygens (including phenoxy) is 12. The van der Waals surface area contributed by atoms with E-state index in [2.05, 4.69) is 81.4 Å². The molecule has 3 aromatic carbocycles. The summed E-state index contributed by atoms with van der Waals surface area (Å²) >= 11 is 27.0. The van der Waals surface area contributed by atoms with Gasteiger partial charge in [0.15, 0.2) is 40.6 Å². The first kappa shape index (κ1) is 85.6. The Morgan fingerprint density at radius 3 is 1.07 bits per heavy atom. The van der Waals surface area contributed by atoms with Gasteiger partial charge in [0.1, 0.15) is 39.5 Å². The number of nitrogens with zero attached hydrogens (tertiary/aromatic N) is 12. The molecule has 0 bridgehead atoms. The Hall–Kier alpha value is -10.9. The molecule has 9 aromatic rings. The highest BCUT2D eigenvalue weighted by Gasteiger charge is 2.43. The molecule has 0 radical (unpaired) electrons. The van der Waals surface area contributed by atoms with Gasteiger partial charge in [-0.15, -0.1) is 0 Å². The van der Waals surface area contributed by atoms with Gasteiger partial charge in [0.2, 0.25) is 35.6 Å². The Morgan fingerprint density at radius 1 is 0.417 bits per heavy atom. The fraction of sp³-hybridized carbons (Fsp3) is 0.407. The van der Waals surface area contributed by atoms with Crippen LogP contribution in [0.5, 0.6) is 34.5 Å². The molecule has 634 valence electrons. The molecule has 6 N–H and O–H groups in total. The molecule has 33 nitrogen and oxygen atoms in total. The average molecular weight is 1730 g/mol. The number of rotatable bonds is 24. The van der Waals surface area contributed by atoms with Crippen LogP contribution in [-0.2, 0) is 42.8 Å². The second-order valence-electron chi connectivity index (χ2n) is 28.7. The number of benzene rings is 3. The Bertz CT molecular complexity index is 5070. The van der Waals surface area contributed by atoms with Crippen molar-refractivity contribution in [1.29, 1.82) is 0 Å². The Morgan fingerprint density at radius 2 is 0.742 bits per heavy atom. The predicted octanol–water partition coefficient (Wildman–Crippen LogP) is 9.75. The van der Waals surface area contributed by atoms with E-state index in [4.69, 9.17) is 128 Å². The van der Waals surface area contributed by atoms with Gasteiger partial charge in [-0.1, -0.05) is 66.1 Å². The van der Waals surface area contributed by atoms with Crippen molar-refractivity contribution in [3.8, 4) is 68.3 Å². The zero-order valence-electron chi connectivity index (χ0n) is 66.4. The Labute approximate surface area is 708 Å². The summed E-state index contributed by atoms with van der Waals surface area (Å²) in [6.07, 6.45) is 10.7. The van der Waals surface area contributed by atoms with Crippen LogP contribution in [0.3, 0.4) is 0 Å². The summed E-state index contributed by atoms with van der Waals surface area (Å²) in [6, 6.07) is 8.15. The lowest BCUT2D eigenvalue weighted by Crippen LogP contribution is -2.45. The molecule has 6 aromatic heterocycles. The van der Waals surface area contributed by atoms with E-state index < -0.39 is 11.6 Å². The van der Waals surface area contributed by atoms with Crippen LogP contribution >= 0.6 is 46.4 Å². The third-order valence-corrected chi connectivity index (χ3v) is 22.9. The van der Waals surface area contributed by atoms with E-state index in [1.165, 1.54) is 67.0 Å². The Balaban J connectivity index is 0.000000148. The highest BCUT2D eigenvalue weighted by atomic mass is 35.5. The summed E-state index contributed by atoms with van der Waals surface area (Å²) in [6.45, 7) is 20.2. The average Bonchev–Trinajstić information content (AvgIpc) is 1.78. The number of fused-ring (bicyclic) bond motifs is 3. The van der Waals surface area contributed by atoms with E-state index in [0.717, 1.165) is 56.0 Å². The number of hydrogen-bond donors (Lipinski definition) is 6. The van der Waals surface area contributed by atoms with Crippen LogP contribution in [0.25, 0.3) is 66.5 Å². The summed E-state index contributed by atoms with van der Waals surface area (Å²) in [5, 5.41) is 21.8. The molecule has 1 spiro atoms. The van der Waals surface area contributed by atoms with Crippen LogP contribution < -0.4 is 75.0 Å². The molecule has 0 saturated carbocycles. The summed E-state index contributed by atoms with van der Waals surface area (Å²) in [5.41, 5.74) is 3.62. The molecular formula is C81H88Cl4F2N18O15. The van der Waals surface area contributed by atoms with Crippen molar-refractivity contribution in [2.24, 2.45) is 5.41 Å². The number of halogens is 6. The third kappa shape index (κ3) is 18.4. The normalized spacial score (nSPS) is 20.6. The van der Waals surface area contributed by atoms with Crippen molar-refractivity contribution in [2.75, 3.05) is 192 Å². The quantitative estimate of drug-likeness (QED) is 0.0306. The van der Waals surface area contributed by atoms with Crippen molar-refractivity contribution in [1.82, 2.24) is 60.8 Å². The van der Waals surface area contributed by atoms with Gasteiger partial charge in [-0.3, -0.25) is 14.4 Å². The first-order chi connectivity index (χ1) is 58.2. The maximum atomic E-state index is 15.4. The highest BCUT2D eigenvalue weighted by molar-refractivity contribution is 6.42. The zero-order chi connectivity index (χ0) is 84.5. The lowest BCUT2D eigenvalue weighted by molar-refractivity contribution is -0.118. The molecule has 3 amide bonds. The summed E-state index contributed by atoms with van der Waals surface area (Å²) < 4.78 is 96.4. The number of methoxy groups -OCH3 is 6. The van der Waals surface area contributed by atoms with E-state index >= 15 is 8.78 Å². The zero-order valence-corrected chi connectivity index (χ0v) is 69.4. The molecule has 13 heterocycles. The van der Waals surface area contributed by atoms with Gasteiger partial charge >= 0.3 is 0 Å². The van der Waals surface area contributed by atoms with Crippen molar-refractivity contribution in [3.05, 3.63) is 125 Å². The number of morpholine rings is 2. The topological polar surface area (TPSA) is 360 Å². The predicted molar refractivity (Wildman–Crippen MR) is 449 cm³/mol. The minimum Gasteiger partial charge on any atom is -0.495 e. The van der Waals surface area contributed by atoms with E-state index in [9.17, 15) is 14.4 Å². The first-order valence-electron chi connectivity index (χ1n) is 38.3.